The molecule has 1 saturated carbocycles. The predicted octanol–water partition coefficient (Wildman–Crippen LogP) is 6.11. The minimum Gasteiger partial charge on any atom is -0.314 e. The summed E-state index contributed by atoms with van der Waals surface area (Å²) in [6, 6.07) is 19.6. The normalized spacial score (nSPS) is 20.3. The van der Waals surface area contributed by atoms with Gasteiger partial charge in [0.15, 0.2) is 0 Å². The lowest BCUT2D eigenvalue weighted by Crippen LogP contribution is -2.50. The second kappa shape index (κ2) is 10.1. The first kappa shape index (κ1) is 25.9. The lowest BCUT2D eigenvalue weighted by molar-refractivity contribution is -0.120. The fourth-order valence-electron chi connectivity index (χ4n) is 6.29. The number of nitrogens with zero attached hydrogens (tertiary/aromatic N) is 4. The van der Waals surface area contributed by atoms with Crippen molar-refractivity contribution in [2.24, 2.45) is 7.05 Å². The Hall–Kier alpha value is -4.01. The summed E-state index contributed by atoms with van der Waals surface area (Å²) in [5.74, 6) is 1.42. The molecule has 0 radical (unpaired) electrons. The van der Waals surface area contributed by atoms with Gasteiger partial charge in [0.25, 0.3) is 0 Å². The molecular weight excluding hydrogens is 541 g/mol. The monoisotopic (exact) mass is 569 g/mol. The van der Waals surface area contributed by atoms with Crippen LogP contribution in [-0.4, -0.2) is 32.9 Å². The molecule has 1 N–H and O–H groups in total. The van der Waals surface area contributed by atoms with Crippen LogP contribution in [0.25, 0.3) is 11.4 Å². The van der Waals surface area contributed by atoms with E-state index in [-0.39, 0.29) is 24.1 Å². The van der Waals surface area contributed by atoms with Gasteiger partial charge >= 0.3 is 6.03 Å². The van der Waals surface area contributed by atoms with Gasteiger partial charge in [-0.3, -0.25) is 19.9 Å². The Morgan fingerprint density at radius 3 is 2.61 bits per heavy atom. The van der Waals surface area contributed by atoms with Crippen LogP contribution in [0.3, 0.4) is 0 Å². The van der Waals surface area contributed by atoms with E-state index in [1.165, 1.54) is 28.3 Å². The van der Waals surface area contributed by atoms with Crippen molar-refractivity contribution in [1.29, 1.82) is 0 Å². The fourth-order valence-corrected chi connectivity index (χ4v) is 6.60. The lowest BCUT2D eigenvalue weighted by Gasteiger charge is -2.26. The van der Waals surface area contributed by atoms with Crippen molar-refractivity contribution in [2.75, 3.05) is 11.4 Å². The van der Waals surface area contributed by atoms with Gasteiger partial charge < -0.3 is 4.57 Å². The molecule has 2 aliphatic heterocycles. The standard InChI is InChI=1S/C32H29ClFN5O2/c1-37-29(39-12-11-28(40)36-32(39)41)15-35-31(37)21-9-10-22-17-38(18-23(22)13-21)16-19-5-7-20(8-6-19)24-14-25(24)30-26(33)3-2-4-27(30)34/h2-10,13,15,24-25H,11-12,14,16-18H2,1H3,(H,36,40,41)/t24-,25+/m0/s1. The van der Waals surface area contributed by atoms with E-state index in [2.05, 4.69) is 57.7 Å². The molecule has 41 heavy (non-hydrogen) atoms. The second-order valence-corrected chi connectivity index (χ2v) is 11.6. The number of urea groups is 1. The third-order valence-corrected chi connectivity index (χ3v) is 8.85. The topological polar surface area (TPSA) is 70.5 Å². The Morgan fingerprint density at radius 2 is 1.83 bits per heavy atom. The highest BCUT2D eigenvalue weighted by molar-refractivity contribution is 6.31. The van der Waals surface area contributed by atoms with Gasteiger partial charge in [0.2, 0.25) is 5.91 Å². The van der Waals surface area contributed by atoms with Gasteiger partial charge in [-0.05, 0) is 58.7 Å². The number of amides is 3. The Morgan fingerprint density at radius 1 is 1.02 bits per heavy atom. The van der Waals surface area contributed by atoms with Crippen molar-refractivity contribution in [2.45, 2.75) is 44.3 Å². The van der Waals surface area contributed by atoms with Crippen molar-refractivity contribution in [3.63, 3.8) is 0 Å². The van der Waals surface area contributed by atoms with Crippen LogP contribution >= 0.6 is 11.6 Å². The molecule has 7 nitrogen and oxygen atoms in total. The quantitative estimate of drug-likeness (QED) is 0.304. The maximum Gasteiger partial charge on any atom is 0.329 e. The Balaban J connectivity index is 1.01. The SMILES string of the molecule is Cn1c(N2CCC(=O)NC2=O)cnc1-c1ccc2c(c1)CN(Cc1ccc([C@@H]3C[C@H]3c3c(F)cccc3Cl)cc1)C2. The third kappa shape index (κ3) is 4.81. The highest BCUT2D eigenvalue weighted by Gasteiger charge is 2.42. The van der Waals surface area contributed by atoms with Crippen LogP contribution in [0.2, 0.25) is 5.02 Å². The van der Waals surface area contributed by atoms with Crippen molar-refractivity contribution in [3.05, 3.63) is 106 Å². The summed E-state index contributed by atoms with van der Waals surface area (Å²) in [4.78, 5) is 32.4. The molecule has 1 saturated heterocycles. The average Bonchev–Trinajstić information content (AvgIpc) is 3.47. The number of hydrogen-bond donors (Lipinski definition) is 1. The Kier molecular flexibility index (Phi) is 6.40. The maximum atomic E-state index is 14.4. The van der Waals surface area contributed by atoms with E-state index in [1.807, 2.05) is 11.6 Å². The van der Waals surface area contributed by atoms with E-state index in [1.54, 1.807) is 23.2 Å². The number of hydrogen-bond acceptors (Lipinski definition) is 4. The van der Waals surface area contributed by atoms with Gasteiger partial charge in [0.05, 0.1) is 6.20 Å². The molecule has 2 fully saturated rings. The van der Waals surface area contributed by atoms with Gasteiger partial charge in [-0.2, -0.15) is 0 Å². The van der Waals surface area contributed by atoms with E-state index in [0.717, 1.165) is 37.4 Å². The van der Waals surface area contributed by atoms with Crippen molar-refractivity contribution in [1.82, 2.24) is 19.8 Å². The summed E-state index contributed by atoms with van der Waals surface area (Å²) < 4.78 is 16.3. The van der Waals surface area contributed by atoms with Gasteiger partial charge in [0, 0.05) is 55.8 Å². The molecule has 0 spiro atoms. The highest BCUT2D eigenvalue weighted by Crippen LogP contribution is 2.56. The number of anilines is 1. The highest BCUT2D eigenvalue weighted by atomic mass is 35.5. The molecule has 1 aromatic heterocycles. The predicted molar refractivity (Wildman–Crippen MR) is 155 cm³/mol. The number of benzene rings is 3. The molecular formula is C32H29ClFN5O2. The van der Waals surface area contributed by atoms with E-state index in [0.29, 0.717) is 28.9 Å². The minimum atomic E-state index is -0.417. The van der Waals surface area contributed by atoms with Gasteiger partial charge in [-0.1, -0.05) is 54.1 Å². The zero-order valence-corrected chi connectivity index (χ0v) is 23.4. The molecule has 7 rings (SSSR count). The summed E-state index contributed by atoms with van der Waals surface area (Å²) in [6.45, 7) is 2.90. The molecule has 0 bridgehead atoms. The minimum absolute atomic E-state index is 0.146. The molecule has 208 valence electrons. The van der Waals surface area contributed by atoms with Crippen LogP contribution in [0, 0.1) is 5.82 Å². The van der Waals surface area contributed by atoms with Gasteiger partial charge in [-0.25, -0.2) is 14.2 Å². The second-order valence-electron chi connectivity index (χ2n) is 11.2. The summed E-state index contributed by atoms with van der Waals surface area (Å²) >= 11 is 6.29. The van der Waals surface area contributed by atoms with E-state index in [9.17, 15) is 14.0 Å². The van der Waals surface area contributed by atoms with Crippen LogP contribution in [0.5, 0.6) is 0 Å². The molecule has 0 unspecified atom stereocenters. The third-order valence-electron chi connectivity index (χ3n) is 8.52. The van der Waals surface area contributed by atoms with E-state index >= 15 is 0 Å². The van der Waals surface area contributed by atoms with Crippen molar-refractivity contribution in [3.8, 4) is 11.4 Å². The number of nitrogens with one attached hydrogen (secondary N) is 1. The number of imide groups is 1. The Labute approximate surface area is 242 Å². The van der Waals surface area contributed by atoms with Gasteiger partial charge in [-0.15, -0.1) is 0 Å². The number of rotatable bonds is 6. The summed E-state index contributed by atoms with van der Waals surface area (Å²) in [7, 11) is 1.89. The Bertz CT molecular complexity index is 1660. The molecule has 1 aliphatic carbocycles. The lowest BCUT2D eigenvalue weighted by atomic mass is 10.0. The summed E-state index contributed by atoms with van der Waals surface area (Å²) in [5, 5.41) is 2.89. The molecule has 3 heterocycles. The zero-order chi connectivity index (χ0) is 28.2. The van der Waals surface area contributed by atoms with Gasteiger partial charge in [0.1, 0.15) is 17.5 Å². The smallest absolute Gasteiger partial charge is 0.314 e. The first-order chi connectivity index (χ1) is 19.9. The largest absolute Gasteiger partial charge is 0.329 e. The number of carbonyl (C=O) groups excluding carboxylic acids is 2. The molecule has 2 atom stereocenters. The van der Waals surface area contributed by atoms with E-state index < -0.39 is 6.03 Å². The van der Waals surface area contributed by atoms with Crippen LogP contribution in [0.15, 0.2) is 66.9 Å². The van der Waals surface area contributed by atoms with Crippen molar-refractivity contribution < 1.29 is 14.0 Å². The molecule has 3 amide bonds. The molecule has 4 aromatic rings. The number of carbonyl (C=O) groups is 2. The molecule has 3 aromatic carbocycles. The number of aromatic nitrogens is 2. The molecule has 3 aliphatic rings. The molecule has 9 heteroatoms. The van der Waals surface area contributed by atoms with Crippen LogP contribution in [-0.2, 0) is 31.5 Å². The zero-order valence-electron chi connectivity index (χ0n) is 22.6. The maximum absolute atomic E-state index is 14.4. The number of fused-ring (bicyclic) bond motifs is 1. The first-order valence-corrected chi connectivity index (χ1v) is 14.2. The number of imidazole rings is 1. The van der Waals surface area contributed by atoms with Crippen LogP contribution in [0.1, 0.15) is 52.5 Å². The fraction of sp³-hybridized carbons (Fsp3) is 0.281. The number of halogens is 2. The summed E-state index contributed by atoms with van der Waals surface area (Å²) in [6.07, 6.45) is 2.88. The van der Waals surface area contributed by atoms with E-state index in [4.69, 9.17) is 11.6 Å². The van der Waals surface area contributed by atoms with Crippen LogP contribution in [0.4, 0.5) is 15.0 Å². The average molecular weight is 570 g/mol. The summed E-state index contributed by atoms with van der Waals surface area (Å²) in [5.41, 5.74) is 6.69. The first-order valence-electron chi connectivity index (χ1n) is 13.9. The van der Waals surface area contributed by atoms with Crippen LogP contribution < -0.4 is 10.2 Å². The van der Waals surface area contributed by atoms with Crippen molar-refractivity contribution >= 4 is 29.4 Å².